The fraction of sp³-hybridized carbons (Fsp3) is 0.318. The smallest absolute Gasteiger partial charge is 0.335 e. The molecule has 0 amide bonds. The summed E-state index contributed by atoms with van der Waals surface area (Å²) in [5.41, 5.74) is 4.73. The standard InChI is InChI=1S/C22H23NO2/c24-22-20(13-14-25-22)21-12-11-19(15-17-7-3-1-4-8-17)23(21)16-18-9-5-2-6-10-18/h1-10,19H,11-16H2/b21-20+/t19-/m1/s1. The normalized spacial score (nSPS) is 23.1. The summed E-state index contributed by atoms with van der Waals surface area (Å²) in [7, 11) is 0. The lowest BCUT2D eigenvalue weighted by Crippen LogP contribution is -2.30. The van der Waals surface area contributed by atoms with Gasteiger partial charge in [-0.3, -0.25) is 0 Å². The highest BCUT2D eigenvalue weighted by Crippen LogP contribution is 2.35. The molecule has 3 nitrogen and oxygen atoms in total. The fourth-order valence-corrected chi connectivity index (χ4v) is 3.95. The second-order valence-electron chi connectivity index (χ2n) is 6.81. The van der Waals surface area contributed by atoms with Crippen LogP contribution in [0, 0.1) is 0 Å². The summed E-state index contributed by atoms with van der Waals surface area (Å²) in [4.78, 5) is 14.6. The molecular weight excluding hydrogens is 310 g/mol. The Hall–Kier alpha value is -2.55. The maximum Gasteiger partial charge on any atom is 0.335 e. The van der Waals surface area contributed by atoms with Gasteiger partial charge in [0, 0.05) is 24.7 Å². The van der Waals surface area contributed by atoms with Gasteiger partial charge in [-0.05, 0) is 30.4 Å². The molecule has 2 fully saturated rings. The number of ether oxygens (including phenoxy) is 1. The Morgan fingerprint density at radius 3 is 2.24 bits per heavy atom. The summed E-state index contributed by atoms with van der Waals surface area (Å²) in [6.45, 7) is 1.38. The Bertz CT molecular complexity index is 767. The molecule has 0 radical (unpaired) electrons. The zero-order valence-corrected chi connectivity index (χ0v) is 14.4. The third-order valence-corrected chi connectivity index (χ3v) is 5.19. The topological polar surface area (TPSA) is 29.5 Å². The Morgan fingerprint density at radius 1 is 0.920 bits per heavy atom. The minimum Gasteiger partial charge on any atom is -0.462 e. The molecule has 0 spiro atoms. The van der Waals surface area contributed by atoms with E-state index < -0.39 is 0 Å². The number of cyclic esters (lactones) is 1. The molecule has 0 saturated carbocycles. The van der Waals surface area contributed by atoms with E-state index >= 15 is 0 Å². The zero-order valence-electron chi connectivity index (χ0n) is 14.4. The van der Waals surface area contributed by atoms with E-state index in [-0.39, 0.29) is 5.97 Å². The minimum atomic E-state index is -0.117. The van der Waals surface area contributed by atoms with Crippen LogP contribution in [0.25, 0.3) is 0 Å². The lowest BCUT2D eigenvalue weighted by molar-refractivity contribution is -0.135. The predicted molar refractivity (Wildman–Crippen MR) is 97.8 cm³/mol. The van der Waals surface area contributed by atoms with Crippen molar-refractivity contribution in [2.45, 2.75) is 38.3 Å². The molecular formula is C22H23NO2. The van der Waals surface area contributed by atoms with Gasteiger partial charge in [-0.2, -0.15) is 0 Å². The average Bonchev–Trinajstić information content (AvgIpc) is 3.23. The number of carbonyl (C=O) groups excluding carboxylic acids is 1. The molecule has 2 heterocycles. The van der Waals surface area contributed by atoms with Crippen molar-refractivity contribution >= 4 is 5.97 Å². The fourth-order valence-electron chi connectivity index (χ4n) is 3.95. The van der Waals surface area contributed by atoms with Crippen LogP contribution in [-0.4, -0.2) is 23.5 Å². The van der Waals surface area contributed by atoms with Crippen molar-refractivity contribution in [1.82, 2.24) is 4.90 Å². The van der Waals surface area contributed by atoms with Crippen LogP contribution >= 0.6 is 0 Å². The molecule has 2 aliphatic rings. The number of carbonyl (C=O) groups is 1. The third-order valence-electron chi connectivity index (χ3n) is 5.19. The predicted octanol–water partition coefficient (Wildman–Crippen LogP) is 4.09. The summed E-state index contributed by atoms with van der Waals surface area (Å²) >= 11 is 0. The molecule has 0 N–H and O–H groups in total. The van der Waals surface area contributed by atoms with Crippen LogP contribution in [0.2, 0.25) is 0 Å². The minimum absolute atomic E-state index is 0.117. The maximum atomic E-state index is 12.1. The third kappa shape index (κ3) is 3.46. The van der Waals surface area contributed by atoms with Crippen LogP contribution in [0.4, 0.5) is 0 Å². The van der Waals surface area contributed by atoms with Gasteiger partial charge < -0.3 is 9.64 Å². The summed E-state index contributed by atoms with van der Waals surface area (Å²) in [6.07, 6.45) is 3.82. The van der Waals surface area contributed by atoms with E-state index in [2.05, 4.69) is 59.5 Å². The first-order valence-electron chi connectivity index (χ1n) is 9.05. The van der Waals surface area contributed by atoms with Gasteiger partial charge in [0.2, 0.25) is 0 Å². The van der Waals surface area contributed by atoms with Crippen molar-refractivity contribution in [2.75, 3.05) is 6.61 Å². The molecule has 2 saturated heterocycles. The molecule has 128 valence electrons. The SMILES string of the molecule is O=C1OCC/C1=C1/CC[C@H](Cc2ccccc2)N1Cc1ccccc1. The highest BCUT2D eigenvalue weighted by Gasteiger charge is 2.34. The molecule has 4 rings (SSSR count). The van der Waals surface area contributed by atoms with Crippen LogP contribution in [0.5, 0.6) is 0 Å². The van der Waals surface area contributed by atoms with Crippen LogP contribution in [0.3, 0.4) is 0 Å². The lowest BCUT2D eigenvalue weighted by Gasteiger charge is -2.29. The van der Waals surface area contributed by atoms with Gasteiger partial charge >= 0.3 is 5.97 Å². The first-order valence-corrected chi connectivity index (χ1v) is 9.05. The maximum absolute atomic E-state index is 12.1. The monoisotopic (exact) mass is 333 g/mol. The number of likely N-dealkylation sites (tertiary alicyclic amines) is 1. The molecule has 2 aliphatic heterocycles. The highest BCUT2D eigenvalue weighted by molar-refractivity contribution is 5.91. The molecule has 1 atom stereocenters. The van der Waals surface area contributed by atoms with E-state index in [0.29, 0.717) is 12.6 Å². The molecule has 25 heavy (non-hydrogen) atoms. The van der Waals surface area contributed by atoms with Crippen LogP contribution in [0.1, 0.15) is 30.4 Å². The Balaban J connectivity index is 1.63. The number of hydrogen-bond donors (Lipinski definition) is 0. The molecule has 0 bridgehead atoms. The van der Waals surface area contributed by atoms with Crippen LogP contribution in [-0.2, 0) is 22.5 Å². The summed E-state index contributed by atoms with van der Waals surface area (Å²) in [5.74, 6) is -0.117. The van der Waals surface area contributed by atoms with Crippen LogP contribution < -0.4 is 0 Å². The number of allylic oxidation sites excluding steroid dienone is 1. The largest absolute Gasteiger partial charge is 0.462 e. The van der Waals surface area contributed by atoms with Gasteiger partial charge in [-0.1, -0.05) is 60.7 Å². The Kier molecular flexibility index (Phi) is 4.55. The number of rotatable bonds is 4. The van der Waals surface area contributed by atoms with Crippen molar-refractivity contribution in [2.24, 2.45) is 0 Å². The van der Waals surface area contributed by atoms with Crippen molar-refractivity contribution in [3.05, 3.63) is 83.1 Å². The van der Waals surface area contributed by atoms with E-state index in [4.69, 9.17) is 4.74 Å². The molecule has 3 heteroatoms. The highest BCUT2D eigenvalue weighted by atomic mass is 16.5. The van der Waals surface area contributed by atoms with Gasteiger partial charge in [0.15, 0.2) is 0 Å². The van der Waals surface area contributed by atoms with Gasteiger partial charge in [-0.15, -0.1) is 0 Å². The van der Waals surface area contributed by atoms with E-state index in [1.807, 2.05) is 6.07 Å². The van der Waals surface area contributed by atoms with E-state index in [1.165, 1.54) is 16.8 Å². The van der Waals surface area contributed by atoms with Crippen molar-refractivity contribution < 1.29 is 9.53 Å². The molecule has 0 aromatic heterocycles. The van der Waals surface area contributed by atoms with Crippen molar-refractivity contribution in [3.63, 3.8) is 0 Å². The molecule has 0 unspecified atom stereocenters. The molecule has 0 aliphatic carbocycles. The second-order valence-corrected chi connectivity index (χ2v) is 6.81. The Morgan fingerprint density at radius 2 is 1.60 bits per heavy atom. The van der Waals surface area contributed by atoms with Gasteiger partial charge in [0.25, 0.3) is 0 Å². The number of benzene rings is 2. The van der Waals surface area contributed by atoms with Gasteiger partial charge in [0.05, 0.1) is 12.2 Å². The first-order chi connectivity index (χ1) is 12.3. The van der Waals surface area contributed by atoms with E-state index in [9.17, 15) is 4.79 Å². The second kappa shape index (κ2) is 7.14. The van der Waals surface area contributed by atoms with E-state index in [1.54, 1.807) is 0 Å². The number of nitrogens with zero attached hydrogens (tertiary/aromatic N) is 1. The first kappa shape index (κ1) is 15.9. The quantitative estimate of drug-likeness (QED) is 0.623. The lowest BCUT2D eigenvalue weighted by atomic mass is 10.0. The van der Waals surface area contributed by atoms with Crippen molar-refractivity contribution in [3.8, 4) is 0 Å². The number of hydrogen-bond acceptors (Lipinski definition) is 3. The molecule has 2 aromatic rings. The van der Waals surface area contributed by atoms with Gasteiger partial charge in [0.1, 0.15) is 0 Å². The summed E-state index contributed by atoms with van der Waals surface area (Å²) in [5, 5.41) is 0. The van der Waals surface area contributed by atoms with Crippen molar-refractivity contribution in [1.29, 1.82) is 0 Å². The summed E-state index contributed by atoms with van der Waals surface area (Å²) < 4.78 is 5.21. The molecule has 2 aromatic carbocycles. The Labute approximate surface area is 148 Å². The number of esters is 1. The summed E-state index contributed by atoms with van der Waals surface area (Å²) in [6, 6.07) is 21.6. The van der Waals surface area contributed by atoms with Crippen LogP contribution in [0.15, 0.2) is 71.9 Å². The average molecular weight is 333 g/mol. The van der Waals surface area contributed by atoms with E-state index in [0.717, 1.165) is 37.8 Å². The van der Waals surface area contributed by atoms with Gasteiger partial charge in [-0.25, -0.2) is 4.79 Å². The zero-order chi connectivity index (χ0) is 17.1.